The minimum absolute atomic E-state index is 0.530. The zero-order valence-corrected chi connectivity index (χ0v) is 10.2. The molecule has 1 aromatic heterocycles. The Kier molecular flexibility index (Phi) is 2.45. The third kappa shape index (κ3) is 1.48. The van der Waals surface area contributed by atoms with Crippen molar-refractivity contribution in [3.8, 4) is 0 Å². The zero-order chi connectivity index (χ0) is 11.8. The lowest BCUT2D eigenvalue weighted by atomic mass is 10.1. The number of para-hydroxylation sites is 1. The van der Waals surface area contributed by atoms with Crippen LogP contribution in [0.3, 0.4) is 0 Å². The number of nitrogens with zero attached hydrogens (tertiary/aromatic N) is 1. The van der Waals surface area contributed by atoms with Gasteiger partial charge in [0, 0.05) is 16.7 Å². The lowest BCUT2D eigenvalue weighted by molar-refractivity contribution is 0.190. The van der Waals surface area contributed by atoms with Crippen LogP contribution in [0.2, 0.25) is 0 Å². The maximum Gasteiger partial charge on any atom is 0.104 e. The van der Waals surface area contributed by atoms with Gasteiger partial charge in [0.2, 0.25) is 0 Å². The van der Waals surface area contributed by atoms with Gasteiger partial charge in [-0.3, -0.25) is 0 Å². The van der Waals surface area contributed by atoms with Gasteiger partial charge in [0.1, 0.15) is 7.11 Å². The van der Waals surface area contributed by atoms with E-state index < -0.39 is 0 Å². The molecule has 0 spiro atoms. The standard InChI is InChI=1S/C14H12ClNO/c1-17-16-13-5-3-2-4-11(13)12-8-10(9-15)6-7-14(12)16/h2-8H,9H2,1H3. The molecule has 0 N–H and O–H groups in total. The molecule has 0 aliphatic heterocycles. The van der Waals surface area contributed by atoms with Gasteiger partial charge >= 0.3 is 0 Å². The zero-order valence-electron chi connectivity index (χ0n) is 9.48. The summed E-state index contributed by atoms with van der Waals surface area (Å²) < 4.78 is 1.85. The second-order valence-corrected chi connectivity index (χ2v) is 4.25. The summed E-state index contributed by atoms with van der Waals surface area (Å²) in [6.45, 7) is 0. The molecule has 86 valence electrons. The van der Waals surface area contributed by atoms with Crippen LogP contribution in [0.25, 0.3) is 21.8 Å². The molecule has 0 bridgehead atoms. The fraction of sp³-hybridized carbons (Fsp3) is 0.143. The Morgan fingerprint density at radius 2 is 1.82 bits per heavy atom. The smallest absolute Gasteiger partial charge is 0.104 e. The van der Waals surface area contributed by atoms with Crippen molar-refractivity contribution in [2.75, 3.05) is 7.11 Å². The molecule has 0 aliphatic carbocycles. The first-order valence-corrected chi connectivity index (χ1v) is 6.01. The monoisotopic (exact) mass is 245 g/mol. The van der Waals surface area contributed by atoms with Crippen LogP contribution >= 0.6 is 11.6 Å². The number of benzene rings is 2. The van der Waals surface area contributed by atoms with Crippen molar-refractivity contribution in [3.63, 3.8) is 0 Å². The second-order valence-electron chi connectivity index (χ2n) is 3.98. The van der Waals surface area contributed by atoms with Gasteiger partial charge < -0.3 is 4.84 Å². The summed E-state index contributed by atoms with van der Waals surface area (Å²) in [5.74, 6) is 0.530. The Morgan fingerprint density at radius 1 is 1.06 bits per heavy atom. The van der Waals surface area contributed by atoms with Crippen LogP contribution in [0.15, 0.2) is 42.5 Å². The third-order valence-electron chi connectivity index (χ3n) is 3.03. The summed E-state index contributed by atoms with van der Waals surface area (Å²) in [4.78, 5) is 5.44. The number of hydrogen-bond acceptors (Lipinski definition) is 1. The van der Waals surface area contributed by atoms with E-state index in [0.717, 1.165) is 16.6 Å². The number of hydrogen-bond donors (Lipinski definition) is 0. The molecule has 0 saturated carbocycles. The number of halogens is 1. The minimum atomic E-state index is 0.530. The van der Waals surface area contributed by atoms with E-state index in [0.29, 0.717) is 5.88 Å². The van der Waals surface area contributed by atoms with Crippen LogP contribution in [-0.2, 0) is 5.88 Å². The van der Waals surface area contributed by atoms with E-state index in [1.54, 1.807) is 7.11 Å². The van der Waals surface area contributed by atoms with Crippen LogP contribution in [-0.4, -0.2) is 11.8 Å². The van der Waals surface area contributed by atoms with Gasteiger partial charge in [0.25, 0.3) is 0 Å². The molecule has 17 heavy (non-hydrogen) atoms. The van der Waals surface area contributed by atoms with Crippen molar-refractivity contribution < 1.29 is 4.84 Å². The van der Waals surface area contributed by atoms with Crippen molar-refractivity contribution >= 4 is 33.4 Å². The predicted molar refractivity (Wildman–Crippen MR) is 71.5 cm³/mol. The fourth-order valence-electron chi connectivity index (χ4n) is 2.26. The maximum absolute atomic E-state index is 5.88. The largest absolute Gasteiger partial charge is 0.417 e. The van der Waals surface area contributed by atoms with Gasteiger partial charge in [0.15, 0.2) is 0 Å². The maximum atomic E-state index is 5.88. The summed E-state index contributed by atoms with van der Waals surface area (Å²) >= 11 is 5.88. The summed E-state index contributed by atoms with van der Waals surface area (Å²) in [7, 11) is 1.68. The molecule has 0 radical (unpaired) electrons. The predicted octanol–water partition coefficient (Wildman–Crippen LogP) is 3.59. The molecular formula is C14H12ClNO. The number of fused-ring (bicyclic) bond motifs is 3. The van der Waals surface area contributed by atoms with Gasteiger partial charge in [-0.1, -0.05) is 24.3 Å². The van der Waals surface area contributed by atoms with Gasteiger partial charge in [-0.15, -0.1) is 11.6 Å². The number of aromatic nitrogens is 1. The average Bonchev–Trinajstić information content (AvgIpc) is 2.71. The Morgan fingerprint density at radius 3 is 2.59 bits per heavy atom. The van der Waals surface area contributed by atoms with Gasteiger partial charge in [-0.25, -0.2) is 0 Å². The second kappa shape index (κ2) is 3.97. The molecule has 0 aliphatic rings. The molecule has 3 rings (SSSR count). The molecule has 0 saturated heterocycles. The van der Waals surface area contributed by atoms with Crippen LogP contribution in [0.1, 0.15) is 5.56 Å². The van der Waals surface area contributed by atoms with E-state index in [4.69, 9.17) is 16.4 Å². The molecular weight excluding hydrogens is 234 g/mol. The highest BCUT2D eigenvalue weighted by atomic mass is 35.5. The highest BCUT2D eigenvalue weighted by Crippen LogP contribution is 2.29. The van der Waals surface area contributed by atoms with Crippen molar-refractivity contribution in [3.05, 3.63) is 48.0 Å². The molecule has 0 atom stereocenters. The van der Waals surface area contributed by atoms with Crippen LogP contribution < -0.4 is 4.84 Å². The topological polar surface area (TPSA) is 14.2 Å². The quantitative estimate of drug-likeness (QED) is 0.630. The summed E-state index contributed by atoms with van der Waals surface area (Å²) in [6.07, 6.45) is 0. The van der Waals surface area contributed by atoms with E-state index in [2.05, 4.69) is 24.3 Å². The van der Waals surface area contributed by atoms with E-state index >= 15 is 0 Å². The van der Waals surface area contributed by atoms with Crippen molar-refractivity contribution in [1.29, 1.82) is 0 Å². The molecule has 0 fully saturated rings. The fourth-order valence-corrected chi connectivity index (χ4v) is 2.43. The van der Waals surface area contributed by atoms with E-state index in [1.807, 2.05) is 22.9 Å². The number of alkyl halides is 1. The van der Waals surface area contributed by atoms with Crippen molar-refractivity contribution in [2.24, 2.45) is 0 Å². The SMILES string of the molecule is COn1c2ccccc2c2cc(CCl)ccc21. The molecule has 3 heteroatoms. The van der Waals surface area contributed by atoms with Gasteiger partial charge in [-0.2, -0.15) is 4.73 Å². The Bertz CT molecular complexity index is 687. The Balaban J connectivity index is 2.49. The molecule has 0 amide bonds. The van der Waals surface area contributed by atoms with E-state index in [9.17, 15) is 0 Å². The summed E-state index contributed by atoms with van der Waals surface area (Å²) in [5, 5.41) is 2.37. The Labute approximate surface area is 104 Å². The first kappa shape index (κ1) is 10.5. The van der Waals surface area contributed by atoms with Crippen LogP contribution in [0, 0.1) is 0 Å². The summed E-state index contributed by atoms with van der Waals surface area (Å²) in [6, 6.07) is 14.4. The molecule has 2 aromatic carbocycles. The lowest BCUT2D eigenvalue weighted by Gasteiger charge is -2.03. The molecule has 2 nitrogen and oxygen atoms in total. The highest BCUT2D eigenvalue weighted by Gasteiger charge is 2.10. The third-order valence-corrected chi connectivity index (χ3v) is 3.34. The Hall–Kier alpha value is -1.67. The molecule has 0 unspecified atom stereocenters. The van der Waals surface area contributed by atoms with E-state index in [1.165, 1.54) is 10.8 Å². The first-order chi connectivity index (χ1) is 8.35. The molecule has 3 aromatic rings. The lowest BCUT2D eigenvalue weighted by Crippen LogP contribution is -2.04. The van der Waals surface area contributed by atoms with Crippen LogP contribution in [0.4, 0.5) is 0 Å². The van der Waals surface area contributed by atoms with E-state index in [-0.39, 0.29) is 0 Å². The molecule has 1 heterocycles. The minimum Gasteiger partial charge on any atom is -0.417 e. The summed E-state index contributed by atoms with van der Waals surface area (Å²) in [5.41, 5.74) is 3.28. The van der Waals surface area contributed by atoms with Gasteiger partial charge in [-0.05, 0) is 23.8 Å². The normalized spacial score (nSPS) is 11.2. The highest BCUT2D eigenvalue weighted by molar-refractivity contribution is 6.17. The van der Waals surface area contributed by atoms with Crippen molar-refractivity contribution in [1.82, 2.24) is 4.73 Å². The van der Waals surface area contributed by atoms with Gasteiger partial charge in [0.05, 0.1) is 11.0 Å². The number of rotatable bonds is 2. The van der Waals surface area contributed by atoms with Crippen LogP contribution in [0.5, 0.6) is 0 Å². The average molecular weight is 246 g/mol. The van der Waals surface area contributed by atoms with Crippen molar-refractivity contribution in [2.45, 2.75) is 5.88 Å². The first-order valence-electron chi connectivity index (χ1n) is 5.47.